The Morgan fingerprint density at radius 3 is 2.00 bits per heavy atom. The van der Waals surface area contributed by atoms with Gasteiger partial charge in [0.25, 0.3) is 5.91 Å². The zero-order valence-electron chi connectivity index (χ0n) is 14.9. The Hall–Kier alpha value is -2.87. The van der Waals surface area contributed by atoms with Gasteiger partial charge in [-0.05, 0) is 40.3 Å². The number of nitrogens with one attached hydrogen (secondary N) is 1. The maximum absolute atomic E-state index is 12.8. The monoisotopic (exact) mass is 329 g/mol. The fourth-order valence-electron chi connectivity index (χ4n) is 2.80. The van der Waals surface area contributed by atoms with E-state index in [2.05, 4.69) is 38.2 Å². The van der Waals surface area contributed by atoms with E-state index in [1.807, 2.05) is 66.7 Å². The van der Waals surface area contributed by atoms with Crippen molar-refractivity contribution in [3.05, 3.63) is 90.0 Å². The number of carbonyl (C=O) groups excluding carboxylic acids is 1. The highest BCUT2D eigenvalue weighted by Crippen LogP contribution is 2.26. The van der Waals surface area contributed by atoms with Crippen LogP contribution in [0.15, 0.2) is 78.9 Å². The Kier molecular flexibility index (Phi) is 4.71. The fourth-order valence-corrected chi connectivity index (χ4v) is 2.80. The van der Waals surface area contributed by atoms with E-state index in [-0.39, 0.29) is 11.3 Å². The lowest BCUT2D eigenvalue weighted by Crippen LogP contribution is -2.14. The molecule has 0 radical (unpaired) electrons. The van der Waals surface area contributed by atoms with Crippen LogP contribution >= 0.6 is 0 Å². The number of benzene rings is 3. The molecule has 0 spiro atoms. The summed E-state index contributed by atoms with van der Waals surface area (Å²) in [4.78, 5) is 12.8. The van der Waals surface area contributed by atoms with E-state index in [1.165, 1.54) is 5.56 Å². The average Bonchev–Trinajstić information content (AvgIpc) is 2.62. The highest BCUT2D eigenvalue weighted by molar-refractivity contribution is 6.08. The van der Waals surface area contributed by atoms with Crippen LogP contribution in [0.1, 0.15) is 36.7 Å². The number of hydrogen-bond acceptors (Lipinski definition) is 1. The molecule has 0 saturated carbocycles. The van der Waals surface area contributed by atoms with Gasteiger partial charge in [-0.3, -0.25) is 4.79 Å². The predicted molar refractivity (Wildman–Crippen MR) is 105 cm³/mol. The molecule has 0 aromatic heterocycles. The Morgan fingerprint density at radius 1 is 0.760 bits per heavy atom. The molecule has 3 aromatic carbocycles. The van der Waals surface area contributed by atoms with Crippen LogP contribution in [0.2, 0.25) is 0 Å². The first-order valence-electron chi connectivity index (χ1n) is 8.51. The molecule has 2 nitrogen and oxygen atoms in total. The summed E-state index contributed by atoms with van der Waals surface area (Å²) in [6, 6.07) is 25.7. The van der Waals surface area contributed by atoms with E-state index in [1.54, 1.807) is 0 Å². The third kappa shape index (κ3) is 3.97. The van der Waals surface area contributed by atoms with Crippen LogP contribution in [0, 0.1) is 0 Å². The van der Waals surface area contributed by atoms with Crippen molar-refractivity contribution in [1.82, 2.24) is 0 Å². The van der Waals surface area contributed by atoms with E-state index in [0.717, 1.165) is 16.8 Å². The first kappa shape index (κ1) is 17.0. The maximum Gasteiger partial charge on any atom is 0.256 e. The molecule has 25 heavy (non-hydrogen) atoms. The van der Waals surface area contributed by atoms with Crippen molar-refractivity contribution in [2.45, 2.75) is 26.2 Å². The molecule has 126 valence electrons. The molecule has 1 amide bonds. The second kappa shape index (κ2) is 6.94. The molecule has 0 atom stereocenters. The highest BCUT2D eigenvalue weighted by atomic mass is 16.1. The zero-order chi connectivity index (χ0) is 17.9. The van der Waals surface area contributed by atoms with Gasteiger partial charge in [-0.15, -0.1) is 0 Å². The first-order valence-corrected chi connectivity index (χ1v) is 8.51. The molecule has 1 N–H and O–H groups in total. The lowest BCUT2D eigenvalue weighted by molar-refractivity contribution is 0.102. The van der Waals surface area contributed by atoms with Gasteiger partial charge in [0.1, 0.15) is 0 Å². The summed E-state index contributed by atoms with van der Waals surface area (Å²) in [5.41, 5.74) is 4.80. The number of rotatable bonds is 3. The van der Waals surface area contributed by atoms with E-state index in [0.29, 0.717) is 5.56 Å². The SMILES string of the molecule is CC(C)(C)c1ccc(NC(=O)c2ccccc2-c2ccccc2)cc1. The molecule has 3 aromatic rings. The summed E-state index contributed by atoms with van der Waals surface area (Å²) >= 11 is 0. The summed E-state index contributed by atoms with van der Waals surface area (Å²) < 4.78 is 0. The Labute approximate surface area is 149 Å². The van der Waals surface area contributed by atoms with Crippen molar-refractivity contribution in [2.24, 2.45) is 0 Å². The third-order valence-electron chi connectivity index (χ3n) is 4.27. The molecule has 0 bridgehead atoms. The van der Waals surface area contributed by atoms with E-state index in [9.17, 15) is 4.79 Å². The molecular formula is C23H23NO. The summed E-state index contributed by atoms with van der Waals surface area (Å²) in [5.74, 6) is -0.0945. The van der Waals surface area contributed by atoms with Crippen molar-refractivity contribution in [1.29, 1.82) is 0 Å². The lowest BCUT2D eigenvalue weighted by Gasteiger charge is -2.19. The second-order valence-electron chi connectivity index (χ2n) is 7.19. The minimum atomic E-state index is -0.0945. The van der Waals surface area contributed by atoms with Gasteiger partial charge in [-0.25, -0.2) is 0 Å². The van der Waals surface area contributed by atoms with Crippen molar-refractivity contribution < 1.29 is 4.79 Å². The molecular weight excluding hydrogens is 306 g/mol. The van der Waals surface area contributed by atoms with Crippen LogP contribution in [-0.2, 0) is 5.41 Å². The zero-order valence-corrected chi connectivity index (χ0v) is 14.9. The number of carbonyl (C=O) groups is 1. The van der Waals surface area contributed by atoms with Crippen LogP contribution in [0.25, 0.3) is 11.1 Å². The highest BCUT2D eigenvalue weighted by Gasteiger charge is 2.15. The van der Waals surface area contributed by atoms with E-state index < -0.39 is 0 Å². The standard InChI is InChI=1S/C23H23NO/c1-23(2,3)18-13-15-19(16-14-18)24-22(25)21-12-8-7-11-20(21)17-9-5-4-6-10-17/h4-16H,1-3H3,(H,24,25). The number of hydrogen-bond donors (Lipinski definition) is 1. The van der Waals surface area contributed by atoms with Gasteiger partial charge in [0.05, 0.1) is 0 Å². The number of amides is 1. The molecule has 0 fully saturated rings. The molecule has 0 aliphatic carbocycles. The smallest absolute Gasteiger partial charge is 0.256 e. The maximum atomic E-state index is 12.8. The molecule has 0 aliphatic heterocycles. The Balaban J connectivity index is 1.85. The molecule has 0 heterocycles. The van der Waals surface area contributed by atoms with Gasteiger partial charge in [0.2, 0.25) is 0 Å². The molecule has 0 saturated heterocycles. The molecule has 0 aliphatic rings. The van der Waals surface area contributed by atoms with Crippen molar-refractivity contribution in [2.75, 3.05) is 5.32 Å². The van der Waals surface area contributed by atoms with Crippen LogP contribution in [-0.4, -0.2) is 5.91 Å². The second-order valence-corrected chi connectivity index (χ2v) is 7.19. The molecule has 0 unspecified atom stereocenters. The van der Waals surface area contributed by atoms with E-state index >= 15 is 0 Å². The van der Waals surface area contributed by atoms with Gasteiger partial charge in [0.15, 0.2) is 0 Å². The quantitative estimate of drug-likeness (QED) is 0.636. The van der Waals surface area contributed by atoms with Crippen LogP contribution in [0.3, 0.4) is 0 Å². The van der Waals surface area contributed by atoms with Crippen molar-refractivity contribution in [3.8, 4) is 11.1 Å². The van der Waals surface area contributed by atoms with Crippen LogP contribution < -0.4 is 5.32 Å². The van der Waals surface area contributed by atoms with Gasteiger partial charge in [-0.2, -0.15) is 0 Å². The Morgan fingerprint density at radius 2 is 1.36 bits per heavy atom. The summed E-state index contributed by atoms with van der Waals surface area (Å²) in [6.07, 6.45) is 0. The van der Waals surface area contributed by atoms with E-state index in [4.69, 9.17) is 0 Å². The van der Waals surface area contributed by atoms with Gasteiger partial charge >= 0.3 is 0 Å². The van der Waals surface area contributed by atoms with Crippen molar-refractivity contribution in [3.63, 3.8) is 0 Å². The largest absolute Gasteiger partial charge is 0.322 e. The summed E-state index contributed by atoms with van der Waals surface area (Å²) in [6.45, 7) is 6.53. The summed E-state index contributed by atoms with van der Waals surface area (Å²) in [7, 11) is 0. The molecule has 3 rings (SSSR count). The van der Waals surface area contributed by atoms with Gasteiger partial charge in [0, 0.05) is 11.3 Å². The minimum Gasteiger partial charge on any atom is -0.322 e. The van der Waals surface area contributed by atoms with Crippen LogP contribution in [0.5, 0.6) is 0 Å². The van der Waals surface area contributed by atoms with Gasteiger partial charge in [-0.1, -0.05) is 81.4 Å². The average molecular weight is 329 g/mol. The first-order chi connectivity index (χ1) is 11.9. The normalized spacial score (nSPS) is 11.2. The molecule has 2 heteroatoms. The third-order valence-corrected chi connectivity index (χ3v) is 4.27. The van der Waals surface area contributed by atoms with Crippen LogP contribution in [0.4, 0.5) is 5.69 Å². The van der Waals surface area contributed by atoms with Gasteiger partial charge < -0.3 is 5.32 Å². The lowest BCUT2D eigenvalue weighted by atomic mass is 9.87. The predicted octanol–water partition coefficient (Wildman–Crippen LogP) is 5.90. The fraction of sp³-hybridized carbons (Fsp3) is 0.174. The minimum absolute atomic E-state index is 0.0945. The number of anilines is 1. The topological polar surface area (TPSA) is 29.1 Å². The summed E-state index contributed by atoms with van der Waals surface area (Å²) in [5, 5.41) is 3.01. The van der Waals surface area contributed by atoms with Crippen molar-refractivity contribution >= 4 is 11.6 Å². The Bertz CT molecular complexity index is 859.